The van der Waals surface area contributed by atoms with E-state index in [4.69, 9.17) is 4.74 Å². The third kappa shape index (κ3) is 4.84. The lowest BCUT2D eigenvalue weighted by Crippen LogP contribution is -2.38. The fourth-order valence-electron chi connectivity index (χ4n) is 3.73. The van der Waals surface area contributed by atoms with Crippen LogP contribution in [-0.2, 0) is 4.79 Å². The number of pyridine rings is 1. The lowest BCUT2D eigenvalue weighted by Gasteiger charge is -2.28. The van der Waals surface area contributed by atoms with Crippen molar-refractivity contribution in [2.45, 2.75) is 19.8 Å². The molecule has 0 bridgehead atoms. The van der Waals surface area contributed by atoms with Gasteiger partial charge in [-0.25, -0.2) is 0 Å². The van der Waals surface area contributed by atoms with E-state index in [1.165, 1.54) is 0 Å². The predicted molar refractivity (Wildman–Crippen MR) is 120 cm³/mol. The maximum absolute atomic E-state index is 12.9. The molecule has 1 aliphatic rings. The van der Waals surface area contributed by atoms with Crippen LogP contribution in [-0.4, -0.2) is 63.2 Å². The Morgan fingerprint density at radius 2 is 2.03 bits per heavy atom. The van der Waals surface area contributed by atoms with Gasteiger partial charge in [0, 0.05) is 37.0 Å². The van der Waals surface area contributed by atoms with Crippen molar-refractivity contribution in [3.63, 3.8) is 0 Å². The van der Waals surface area contributed by atoms with Crippen LogP contribution in [0.25, 0.3) is 11.3 Å². The molecule has 1 unspecified atom stereocenters. The van der Waals surface area contributed by atoms with Crippen LogP contribution in [0.5, 0.6) is 5.75 Å². The first kappa shape index (κ1) is 21.9. The molecule has 1 atom stereocenters. The van der Waals surface area contributed by atoms with E-state index in [1.807, 2.05) is 64.2 Å². The van der Waals surface area contributed by atoms with Gasteiger partial charge in [-0.2, -0.15) is 0 Å². The van der Waals surface area contributed by atoms with E-state index in [0.717, 1.165) is 35.8 Å². The summed E-state index contributed by atoms with van der Waals surface area (Å²) >= 11 is 0. The van der Waals surface area contributed by atoms with Gasteiger partial charge in [0.2, 0.25) is 5.91 Å². The number of fused-ring (bicyclic) bond motifs is 1. The maximum Gasteiger partial charge on any atom is 0.252 e. The Hall–Kier alpha value is -2.80. The molecular weight excluding hydrogens is 380 g/mol. The van der Waals surface area contributed by atoms with Gasteiger partial charge >= 0.3 is 0 Å². The minimum Gasteiger partial charge on any atom is -0.490 e. The summed E-state index contributed by atoms with van der Waals surface area (Å²) in [7, 11) is 5.94. The molecule has 1 aromatic carbocycles. The molecule has 0 saturated carbocycles. The molecule has 1 aliphatic heterocycles. The number of rotatable bonds is 7. The summed E-state index contributed by atoms with van der Waals surface area (Å²) in [6.45, 7) is 6.72. The average Bonchev–Trinajstić information content (AvgIpc) is 2.69. The molecule has 0 radical (unpaired) electrons. The van der Waals surface area contributed by atoms with E-state index >= 15 is 0 Å². The first-order valence-corrected chi connectivity index (χ1v) is 10.4. The normalized spacial score (nSPS) is 14.4. The van der Waals surface area contributed by atoms with E-state index in [-0.39, 0.29) is 17.4 Å². The third-order valence-electron chi connectivity index (χ3n) is 5.45. The number of nitrogens with one attached hydrogen (secondary N) is 2. The van der Waals surface area contributed by atoms with Crippen LogP contribution >= 0.6 is 0 Å². The van der Waals surface area contributed by atoms with E-state index in [2.05, 4.69) is 15.2 Å². The zero-order valence-electron chi connectivity index (χ0n) is 18.5. The van der Waals surface area contributed by atoms with Crippen molar-refractivity contribution < 1.29 is 9.53 Å². The summed E-state index contributed by atoms with van der Waals surface area (Å²) in [4.78, 5) is 32.8. The molecule has 162 valence electrons. The van der Waals surface area contributed by atoms with E-state index in [9.17, 15) is 9.59 Å². The summed E-state index contributed by atoms with van der Waals surface area (Å²) in [6.07, 6.45) is 0. The molecule has 0 fully saturated rings. The summed E-state index contributed by atoms with van der Waals surface area (Å²) in [5, 5.41) is 2.95. The highest BCUT2D eigenvalue weighted by Gasteiger charge is 2.27. The molecule has 0 aliphatic carbocycles. The number of hydrogen-bond acceptors (Lipinski definition) is 5. The van der Waals surface area contributed by atoms with E-state index in [0.29, 0.717) is 18.7 Å². The minimum atomic E-state index is -0.493. The number of aromatic nitrogens is 1. The van der Waals surface area contributed by atoms with Crippen molar-refractivity contribution in [3.8, 4) is 17.0 Å². The average molecular weight is 413 g/mol. The maximum atomic E-state index is 12.9. The zero-order valence-corrected chi connectivity index (χ0v) is 18.5. The number of carbonyl (C=O) groups excluding carboxylic acids is 1. The topological polar surface area (TPSA) is 77.7 Å². The van der Waals surface area contributed by atoms with Crippen molar-refractivity contribution >= 4 is 11.6 Å². The zero-order chi connectivity index (χ0) is 21.8. The number of benzene rings is 1. The molecule has 0 saturated heterocycles. The number of anilines is 1. The van der Waals surface area contributed by atoms with Crippen molar-refractivity contribution in [1.29, 1.82) is 0 Å². The van der Waals surface area contributed by atoms with E-state index in [1.54, 1.807) is 6.07 Å². The molecule has 7 nitrogen and oxygen atoms in total. The van der Waals surface area contributed by atoms with Crippen molar-refractivity contribution in [2.24, 2.45) is 5.92 Å². The Bertz CT molecular complexity index is 952. The standard InChI is InChI=1S/C23H32N4O3/c1-15(2)21(23(29)24-10-11-26(3)4)17-7-8-18(25-22(17)28)16-6-9-20-19(14-16)27(5)12-13-30-20/h6-9,14-15,21H,10-13H2,1-5H3,(H,24,29)(H,25,28). The largest absolute Gasteiger partial charge is 0.490 e. The second kappa shape index (κ2) is 9.34. The van der Waals surface area contributed by atoms with Crippen molar-refractivity contribution in [1.82, 2.24) is 15.2 Å². The smallest absolute Gasteiger partial charge is 0.252 e. The van der Waals surface area contributed by atoms with Gasteiger partial charge < -0.3 is 24.8 Å². The Kier molecular flexibility index (Phi) is 6.82. The van der Waals surface area contributed by atoms with Crippen LogP contribution < -0.4 is 20.5 Å². The summed E-state index contributed by atoms with van der Waals surface area (Å²) < 4.78 is 5.70. The molecule has 7 heteroatoms. The Balaban J connectivity index is 1.86. The fourth-order valence-corrected chi connectivity index (χ4v) is 3.73. The van der Waals surface area contributed by atoms with Crippen molar-refractivity contribution in [2.75, 3.05) is 52.3 Å². The number of nitrogens with zero attached hydrogens (tertiary/aromatic N) is 2. The van der Waals surface area contributed by atoms with Gasteiger partial charge in [-0.3, -0.25) is 9.59 Å². The monoisotopic (exact) mass is 412 g/mol. The lowest BCUT2D eigenvalue weighted by molar-refractivity contribution is -0.123. The van der Waals surface area contributed by atoms with Crippen LogP contribution in [0.2, 0.25) is 0 Å². The molecular formula is C23H32N4O3. The number of aromatic amines is 1. The molecule has 1 aromatic heterocycles. The van der Waals surface area contributed by atoms with Gasteiger partial charge in [0.1, 0.15) is 12.4 Å². The van der Waals surface area contributed by atoms with Gasteiger partial charge in [-0.15, -0.1) is 0 Å². The number of amides is 1. The molecule has 1 amide bonds. The molecule has 2 heterocycles. The van der Waals surface area contributed by atoms with Crippen LogP contribution in [0.1, 0.15) is 25.3 Å². The van der Waals surface area contributed by atoms with Gasteiger partial charge in [0.25, 0.3) is 5.56 Å². The van der Waals surface area contributed by atoms with E-state index < -0.39 is 5.92 Å². The minimum absolute atomic E-state index is 0.00542. The number of H-pyrrole nitrogens is 1. The summed E-state index contributed by atoms with van der Waals surface area (Å²) in [6, 6.07) is 9.56. The fraction of sp³-hybridized carbons (Fsp3) is 0.478. The van der Waals surface area contributed by atoms with Gasteiger partial charge in [-0.1, -0.05) is 19.9 Å². The Morgan fingerprint density at radius 1 is 1.27 bits per heavy atom. The quantitative estimate of drug-likeness (QED) is 0.730. The molecule has 2 N–H and O–H groups in total. The first-order chi connectivity index (χ1) is 14.3. The number of carbonyl (C=O) groups is 1. The highest BCUT2D eigenvalue weighted by Crippen LogP contribution is 2.34. The second-order valence-electron chi connectivity index (χ2n) is 8.42. The van der Waals surface area contributed by atoms with Crippen LogP contribution in [0, 0.1) is 5.92 Å². The highest BCUT2D eigenvalue weighted by molar-refractivity contribution is 5.84. The molecule has 30 heavy (non-hydrogen) atoms. The molecule has 0 spiro atoms. The molecule has 2 aromatic rings. The van der Waals surface area contributed by atoms with Crippen molar-refractivity contribution in [3.05, 3.63) is 46.2 Å². The van der Waals surface area contributed by atoms with Gasteiger partial charge in [0.05, 0.1) is 18.2 Å². The highest BCUT2D eigenvalue weighted by atomic mass is 16.5. The Labute approximate surface area is 178 Å². The lowest BCUT2D eigenvalue weighted by atomic mass is 9.88. The summed E-state index contributed by atoms with van der Waals surface area (Å²) in [5.74, 6) is 0.247. The number of ether oxygens (including phenoxy) is 1. The third-order valence-corrected chi connectivity index (χ3v) is 5.45. The van der Waals surface area contributed by atoms with Crippen LogP contribution in [0.15, 0.2) is 35.1 Å². The van der Waals surface area contributed by atoms with Crippen LogP contribution in [0.3, 0.4) is 0 Å². The Morgan fingerprint density at radius 3 is 2.70 bits per heavy atom. The summed E-state index contributed by atoms with van der Waals surface area (Å²) in [5.41, 5.74) is 2.90. The number of likely N-dealkylation sites (N-methyl/N-ethyl adjacent to an activating group) is 2. The second-order valence-corrected chi connectivity index (χ2v) is 8.42. The SMILES string of the molecule is CC(C)C(C(=O)NCCN(C)C)c1ccc(-c2ccc3c(c2)N(C)CCO3)[nH]c1=O. The number of hydrogen-bond donors (Lipinski definition) is 2. The molecule has 3 rings (SSSR count). The van der Waals surface area contributed by atoms with Gasteiger partial charge in [0.15, 0.2) is 0 Å². The van der Waals surface area contributed by atoms with Gasteiger partial charge in [-0.05, 0) is 44.3 Å². The van der Waals surface area contributed by atoms with Crippen LogP contribution in [0.4, 0.5) is 5.69 Å². The first-order valence-electron chi connectivity index (χ1n) is 10.4. The predicted octanol–water partition coefficient (Wildman–Crippen LogP) is 2.29.